The molecule has 0 aromatic heterocycles. The summed E-state index contributed by atoms with van der Waals surface area (Å²) >= 11 is 1.32. The number of rotatable bonds is 7. The first-order chi connectivity index (χ1) is 16.0. The summed E-state index contributed by atoms with van der Waals surface area (Å²) in [5.41, 5.74) is 5.13. The van der Waals surface area contributed by atoms with E-state index in [2.05, 4.69) is 41.5 Å². The van der Waals surface area contributed by atoms with Crippen LogP contribution in [-0.4, -0.2) is 17.7 Å². The van der Waals surface area contributed by atoms with Gasteiger partial charge in [0.15, 0.2) is 16.7 Å². The minimum Gasteiger partial charge on any atom is -0.490 e. The summed E-state index contributed by atoms with van der Waals surface area (Å²) < 4.78 is 11.8. The van der Waals surface area contributed by atoms with Crippen molar-refractivity contribution in [3.63, 3.8) is 0 Å². The first-order valence-corrected chi connectivity index (χ1v) is 11.6. The molecule has 4 rings (SSSR count). The van der Waals surface area contributed by atoms with E-state index >= 15 is 0 Å². The SMILES string of the molecule is CCOc1cc(/C=C2\SC(=Nc3ccc(C)cc3)NC2=O)ccc1OCc1ccc(C)cc1. The quantitative estimate of drug-likeness (QED) is 0.430. The van der Waals surface area contributed by atoms with Crippen LogP contribution >= 0.6 is 11.8 Å². The fourth-order valence-electron chi connectivity index (χ4n) is 3.22. The standard InChI is InChI=1S/C27H26N2O3S/c1-4-31-24-15-21(11-14-23(24)32-17-20-9-5-18(2)6-10-20)16-25-26(30)29-27(33-25)28-22-12-7-19(3)8-13-22/h5-16H,4,17H2,1-3H3,(H,28,29,30)/b25-16-. The number of nitrogens with one attached hydrogen (secondary N) is 1. The zero-order valence-electron chi connectivity index (χ0n) is 18.9. The van der Waals surface area contributed by atoms with Gasteiger partial charge in [-0.1, -0.05) is 53.6 Å². The average Bonchev–Trinajstić information content (AvgIpc) is 3.14. The minimum atomic E-state index is -0.163. The first-order valence-electron chi connectivity index (χ1n) is 10.8. The highest BCUT2D eigenvalue weighted by Gasteiger charge is 2.24. The molecule has 1 aliphatic heterocycles. The van der Waals surface area contributed by atoms with Crippen molar-refractivity contribution in [3.05, 3.63) is 93.9 Å². The van der Waals surface area contributed by atoms with Crippen LogP contribution in [0, 0.1) is 13.8 Å². The van der Waals surface area contributed by atoms with Crippen LogP contribution in [0.3, 0.4) is 0 Å². The van der Waals surface area contributed by atoms with Gasteiger partial charge < -0.3 is 14.8 Å². The third-order valence-corrected chi connectivity index (χ3v) is 5.91. The number of amidine groups is 1. The fourth-order valence-corrected chi connectivity index (χ4v) is 4.06. The Morgan fingerprint density at radius 2 is 1.61 bits per heavy atom. The molecule has 1 fully saturated rings. The Hall–Kier alpha value is -3.51. The number of benzene rings is 3. The number of carbonyl (C=O) groups is 1. The molecule has 6 heteroatoms. The second-order valence-electron chi connectivity index (χ2n) is 7.73. The first kappa shape index (κ1) is 22.7. The second kappa shape index (κ2) is 10.4. The Morgan fingerprint density at radius 3 is 2.30 bits per heavy atom. The van der Waals surface area contributed by atoms with Crippen molar-refractivity contribution in [1.82, 2.24) is 5.32 Å². The molecule has 0 radical (unpaired) electrons. The van der Waals surface area contributed by atoms with Crippen LogP contribution in [-0.2, 0) is 11.4 Å². The summed E-state index contributed by atoms with van der Waals surface area (Å²) in [5.74, 6) is 1.16. The molecule has 1 amide bonds. The minimum absolute atomic E-state index is 0.163. The molecule has 1 saturated heterocycles. The van der Waals surface area contributed by atoms with Gasteiger partial charge in [0.1, 0.15) is 6.61 Å². The van der Waals surface area contributed by atoms with E-state index < -0.39 is 0 Å². The summed E-state index contributed by atoms with van der Waals surface area (Å²) in [7, 11) is 0. The van der Waals surface area contributed by atoms with Gasteiger partial charge in [-0.2, -0.15) is 0 Å². The molecule has 0 atom stereocenters. The molecular weight excluding hydrogens is 432 g/mol. The molecule has 1 heterocycles. The lowest BCUT2D eigenvalue weighted by molar-refractivity contribution is -0.115. The van der Waals surface area contributed by atoms with Gasteiger partial charge in [0.05, 0.1) is 17.2 Å². The lowest BCUT2D eigenvalue weighted by Crippen LogP contribution is -2.19. The van der Waals surface area contributed by atoms with Gasteiger partial charge in [-0.05, 0) is 74.0 Å². The van der Waals surface area contributed by atoms with E-state index in [0.29, 0.717) is 34.8 Å². The monoisotopic (exact) mass is 458 g/mol. The second-order valence-corrected chi connectivity index (χ2v) is 8.76. The van der Waals surface area contributed by atoms with Crippen molar-refractivity contribution in [3.8, 4) is 11.5 Å². The summed E-state index contributed by atoms with van der Waals surface area (Å²) in [6, 6.07) is 21.8. The van der Waals surface area contributed by atoms with Crippen LogP contribution < -0.4 is 14.8 Å². The number of nitrogens with zero attached hydrogens (tertiary/aromatic N) is 1. The Balaban J connectivity index is 1.49. The van der Waals surface area contributed by atoms with Crippen LogP contribution in [0.1, 0.15) is 29.2 Å². The molecule has 33 heavy (non-hydrogen) atoms. The van der Waals surface area contributed by atoms with Crippen LogP contribution in [0.2, 0.25) is 0 Å². The fraction of sp³-hybridized carbons (Fsp3) is 0.185. The molecule has 3 aromatic rings. The Kier molecular flexibility index (Phi) is 7.15. The highest BCUT2D eigenvalue weighted by molar-refractivity contribution is 8.18. The van der Waals surface area contributed by atoms with Gasteiger partial charge in [-0.25, -0.2) is 4.99 Å². The maximum absolute atomic E-state index is 12.5. The summed E-state index contributed by atoms with van der Waals surface area (Å²) in [6.45, 7) is 6.99. The van der Waals surface area contributed by atoms with E-state index in [4.69, 9.17) is 9.47 Å². The van der Waals surface area contributed by atoms with E-state index in [1.54, 1.807) is 0 Å². The van der Waals surface area contributed by atoms with Crippen molar-refractivity contribution in [2.45, 2.75) is 27.4 Å². The molecule has 0 aliphatic carbocycles. The van der Waals surface area contributed by atoms with Gasteiger partial charge >= 0.3 is 0 Å². The number of thioether (sulfide) groups is 1. The number of ether oxygens (including phenoxy) is 2. The molecule has 0 spiro atoms. The zero-order chi connectivity index (χ0) is 23.2. The topological polar surface area (TPSA) is 59.9 Å². The highest BCUT2D eigenvalue weighted by Crippen LogP contribution is 2.33. The number of hydrogen-bond acceptors (Lipinski definition) is 5. The Morgan fingerprint density at radius 1 is 0.909 bits per heavy atom. The molecule has 1 N–H and O–H groups in total. The molecule has 168 valence electrons. The van der Waals surface area contributed by atoms with Crippen molar-refractivity contribution in [2.75, 3.05) is 6.61 Å². The Labute approximate surface area is 198 Å². The Bertz CT molecular complexity index is 1200. The van der Waals surface area contributed by atoms with Gasteiger partial charge in [0.25, 0.3) is 5.91 Å². The number of hydrogen-bond donors (Lipinski definition) is 1. The maximum Gasteiger partial charge on any atom is 0.264 e. The molecule has 3 aromatic carbocycles. The summed E-state index contributed by atoms with van der Waals surface area (Å²) in [6.07, 6.45) is 1.84. The van der Waals surface area contributed by atoms with Crippen LogP contribution in [0.5, 0.6) is 11.5 Å². The van der Waals surface area contributed by atoms with Crippen LogP contribution in [0.4, 0.5) is 5.69 Å². The predicted octanol–water partition coefficient (Wildman–Crippen LogP) is 6.17. The molecule has 0 unspecified atom stereocenters. The molecule has 0 bridgehead atoms. The number of aliphatic imine (C=N–C) groups is 1. The molecule has 0 saturated carbocycles. The van der Waals surface area contributed by atoms with Crippen molar-refractivity contribution in [2.24, 2.45) is 4.99 Å². The van der Waals surface area contributed by atoms with E-state index in [1.165, 1.54) is 22.9 Å². The van der Waals surface area contributed by atoms with Gasteiger partial charge in [-0.3, -0.25) is 4.79 Å². The third-order valence-electron chi connectivity index (χ3n) is 5.00. The number of carbonyl (C=O) groups excluding carboxylic acids is 1. The summed E-state index contributed by atoms with van der Waals surface area (Å²) in [4.78, 5) is 17.6. The van der Waals surface area contributed by atoms with Crippen LogP contribution in [0.15, 0.2) is 76.6 Å². The lowest BCUT2D eigenvalue weighted by atomic mass is 10.1. The van der Waals surface area contributed by atoms with Gasteiger partial charge in [0.2, 0.25) is 0 Å². The van der Waals surface area contributed by atoms with E-state index in [-0.39, 0.29) is 5.91 Å². The average molecular weight is 459 g/mol. The van der Waals surface area contributed by atoms with E-state index in [1.807, 2.05) is 62.4 Å². The largest absolute Gasteiger partial charge is 0.490 e. The highest BCUT2D eigenvalue weighted by atomic mass is 32.2. The van der Waals surface area contributed by atoms with Crippen LogP contribution in [0.25, 0.3) is 6.08 Å². The smallest absolute Gasteiger partial charge is 0.264 e. The molecular formula is C27H26N2O3S. The predicted molar refractivity (Wildman–Crippen MR) is 135 cm³/mol. The van der Waals surface area contributed by atoms with Crippen molar-refractivity contribution >= 4 is 34.6 Å². The number of amides is 1. The van der Waals surface area contributed by atoms with Crippen molar-refractivity contribution < 1.29 is 14.3 Å². The van der Waals surface area contributed by atoms with Crippen molar-refractivity contribution in [1.29, 1.82) is 0 Å². The molecule has 1 aliphatic rings. The summed E-state index contributed by atoms with van der Waals surface area (Å²) in [5, 5.41) is 3.40. The van der Waals surface area contributed by atoms with E-state index in [9.17, 15) is 4.79 Å². The third kappa shape index (κ3) is 6.05. The molecule has 5 nitrogen and oxygen atoms in total. The van der Waals surface area contributed by atoms with Gasteiger partial charge in [-0.15, -0.1) is 0 Å². The lowest BCUT2D eigenvalue weighted by Gasteiger charge is -2.13. The zero-order valence-corrected chi connectivity index (χ0v) is 19.7. The van der Waals surface area contributed by atoms with E-state index in [0.717, 1.165) is 16.8 Å². The van der Waals surface area contributed by atoms with Gasteiger partial charge in [0, 0.05) is 0 Å². The normalized spacial score (nSPS) is 15.7. The number of aryl methyl sites for hydroxylation is 2. The maximum atomic E-state index is 12.5.